The maximum absolute atomic E-state index is 6.53. The number of benzene rings is 12. The quantitative estimate of drug-likeness (QED) is 0.143. The van der Waals surface area contributed by atoms with E-state index in [0.717, 1.165) is 61.3 Å². The smallest absolute Gasteiger partial charge is 0.136 e. The molecule has 0 amide bonds. The van der Waals surface area contributed by atoms with Crippen LogP contribution in [0.2, 0.25) is 0 Å². The van der Waals surface area contributed by atoms with Gasteiger partial charge in [-0.1, -0.05) is 224 Å². The summed E-state index contributed by atoms with van der Waals surface area (Å²) in [7, 11) is 0. The number of rotatable bonds is 9. The Kier molecular flexibility index (Phi) is 10.1. The number of hydrogen-bond donors (Lipinski definition) is 0. The fourth-order valence-electron chi connectivity index (χ4n) is 11.8. The molecule has 0 saturated heterocycles. The second-order valence-electron chi connectivity index (χ2n) is 19.2. The summed E-state index contributed by atoms with van der Waals surface area (Å²) in [5.74, 6) is 0. The summed E-state index contributed by atoms with van der Waals surface area (Å²) in [6, 6.07) is 104. The molecule has 2 heteroatoms. The van der Waals surface area contributed by atoms with Gasteiger partial charge in [-0.15, -0.1) is 0 Å². The Morgan fingerprint density at radius 2 is 0.795 bits per heavy atom. The molecule has 0 atom stereocenters. The van der Waals surface area contributed by atoms with Crippen molar-refractivity contribution < 1.29 is 4.42 Å². The summed E-state index contributed by atoms with van der Waals surface area (Å²) in [5.41, 5.74) is 21.3. The third kappa shape index (κ3) is 7.02. The minimum atomic E-state index is -0.556. The Bertz CT molecular complexity index is 4140. The largest absolute Gasteiger partial charge is 0.456 e. The summed E-state index contributed by atoms with van der Waals surface area (Å²) in [6.07, 6.45) is 0. The van der Waals surface area contributed by atoms with Gasteiger partial charge in [0.15, 0.2) is 0 Å². The molecule has 342 valence electrons. The number of fused-ring (bicyclic) bond motifs is 7. The highest BCUT2D eigenvalue weighted by molar-refractivity contribution is 6.11. The van der Waals surface area contributed by atoms with E-state index in [1.54, 1.807) is 0 Å². The zero-order valence-electron chi connectivity index (χ0n) is 40.0. The highest BCUT2D eigenvalue weighted by Gasteiger charge is 2.46. The Hall–Kier alpha value is -9.50. The number of anilines is 3. The molecule has 14 rings (SSSR count). The van der Waals surface area contributed by atoms with Gasteiger partial charge < -0.3 is 9.32 Å². The van der Waals surface area contributed by atoms with Crippen molar-refractivity contribution >= 4 is 49.8 Å². The first kappa shape index (κ1) is 42.4. The molecule has 12 aromatic carbocycles. The van der Waals surface area contributed by atoms with Gasteiger partial charge in [0.2, 0.25) is 0 Å². The van der Waals surface area contributed by atoms with E-state index < -0.39 is 5.41 Å². The van der Waals surface area contributed by atoms with Gasteiger partial charge >= 0.3 is 0 Å². The van der Waals surface area contributed by atoms with Crippen LogP contribution in [0.4, 0.5) is 17.1 Å². The van der Waals surface area contributed by atoms with Crippen LogP contribution in [0.5, 0.6) is 0 Å². The second-order valence-corrected chi connectivity index (χ2v) is 19.2. The van der Waals surface area contributed by atoms with Gasteiger partial charge in [-0.3, -0.25) is 0 Å². The highest BCUT2D eigenvalue weighted by Crippen LogP contribution is 2.57. The first-order chi connectivity index (χ1) is 36.2. The number of nitrogens with zero attached hydrogens (tertiary/aromatic N) is 1. The van der Waals surface area contributed by atoms with Gasteiger partial charge in [0, 0.05) is 27.7 Å². The minimum absolute atomic E-state index is 0.556. The van der Waals surface area contributed by atoms with Crippen LogP contribution in [-0.2, 0) is 5.41 Å². The van der Waals surface area contributed by atoms with Crippen LogP contribution >= 0.6 is 0 Å². The van der Waals surface area contributed by atoms with Crippen LogP contribution in [0, 0.1) is 0 Å². The van der Waals surface area contributed by atoms with Crippen LogP contribution in [0.15, 0.2) is 290 Å². The SMILES string of the molecule is c1ccc(-c2ccc(-c3ccc(N(c4ccc5c(c4)C(c4ccccc4)(c4ccccc4)c4ccccc4-5)c4ccccc4-c4ccc5oc6cc7ccccc7cc6c5c4)cc3)cc2-c2ccccc2)cc1. The van der Waals surface area contributed by atoms with Gasteiger partial charge in [-0.05, 0) is 144 Å². The molecule has 0 radical (unpaired) electrons. The summed E-state index contributed by atoms with van der Waals surface area (Å²) in [5, 5.41) is 4.58. The highest BCUT2D eigenvalue weighted by atomic mass is 16.3. The maximum Gasteiger partial charge on any atom is 0.136 e. The third-order valence-corrected chi connectivity index (χ3v) is 15.1. The van der Waals surface area contributed by atoms with Gasteiger partial charge in [0.1, 0.15) is 11.2 Å². The molecule has 0 fully saturated rings. The summed E-state index contributed by atoms with van der Waals surface area (Å²) >= 11 is 0. The van der Waals surface area contributed by atoms with E-state index >= 15 is 0 Å². The van der Waals surface area contributed by atoms with E-state index in [-0.39, 0.29) is 0 Å². The Labute approximate surface area is 425 Å². The fourth-order valence-corrected chi connectivity index (χ4v) is 11.8. The van der Waals surface area contributed by atoms with Crippen LogP contribution in [0.1, 0.15) is 22.3 Å². The van der Waals surface area contributed by atoms with E-state index in [1.807, 2.05) is 0 Å². The van der Waals surface area contributed by atoms with Gasteiger partial charge in [-0.2, -0.15) is 0 Å². The molecule has 0 bridgehead atoms. The lowest BCUT2D eigenvalue weighted by Crippen LogP contribution is -2.28. The predicted octanol–water partition coefficient (Wildman–Crippen LogP) is 19.2. The Balaban J connectivity index is 0.967. The summed E-state index contributed by atoms with van der Waals surface area (Å²) < 4.78 is 6.53. The molecular weight excluding hydrogens is 883 g/mol. The topological polar surface area (TPSA) is 16.4 Å². The number of furan rings is 1. The Morgan fingerprint density at radius 1 is 0.274 bits per heavy atom. The lowest BCUT2D eigenvalue weighted by atomic mass is 9.67. The molecule has 1 aliphatic rings. The van der Waals surface area contributed by atoms with Crippen molar-refractivity contribution in [3.8, 4) is 55.6 Å². The molecule has 13 aromatic rings. The molecule has 0 aliphatic heterocycles. The third-order valence-electron chi connectivity index (χ3n) is 15.1. The van der Waals surface area contributed by atoms with Crippen LogP contribution in [-0.4, -0.2) is 0 Å². The van der Waals surface area contributed by atoms with Crippen molar-refractivity contribution in [1.29, 1.82) is 0 Å². The molecule has 0 N–H and O–H groups in total. The predicted molar refractivity (Wildman–Crippen MR) is 305 cm³/mol. The first-order valence-electron chi connectivity index (χ1n) is 25.1. The number of para-hydroxylation sites is 1. The number of hydrogen-bond acceptors (Lipinski definition) is 2. The minimum Gasteiger partial charge on any atom is -0.456 e. The molecule has 1 aromatic heterocycles. The van der Waals surface area contributed by atoms with Gasteiger partial charge in [0.25, 0.3) is 0 Å². The van der Waals surface area contributed by atoms with Crippen molar-refractivity contribution in [2.24, 2.45) is 0 Å². The van der Waals surface area contributed by atoms with Gasteiger partial charge in [0.05, 0.1) is 11.1 Å². The Morgan fingerprint density at radius 3 is 1.51 bits per heavy atom. The van der Waals surface area contributed by atoms with Crippen molar-refractivity contribution in [3.63, 3.8) is 0 Å². The first-order valence-corrected chi connectivity index (χ1v) is 25.1. The standard InChI is InChI=1S/C71H47NO/c1-5-19-49(20-6-1)59-40-35-53(43-63(59)50-21-7-2-8-22-50)48-33-37-57(38-34-48)72(68-32-18-16-29-60(68)54-36-42-69-64(45-54)65-44-51-23-13-14-24-52(51)46-70(65)73-69)58-39-41-62-61-30-15-17-31-66(61)71(67(62)47-58,55-25-9-3-10-26-55)56-27-11-4-12-28-56/h1-47H. The molecule has 2 nitrogen and oxygen atoms in total. The fraction of sp³-hybridized carbons (Fsp3) is 0.0141. The lowest BCUT2D eigenvalue weighted by Gasteiger charge is -2.35. The maximum atomic E-state index is 6.53. The lowest BCUT2D eigenvalue weighted by molar-refractivity contribution is 0.669. The van der Waals surface area contributed by atoms with Crippen LogP contribution in [0.3, 0.4) is 0 Å². The van der Waals surface area contributed by atoms with E-state index in [2.05, 4.69) is 290 Å². The van der Waals surface area contributed by atoms with Crippen molar-refractivity contribution in [2.75, 3.05) is 4.90 Å². The second kappa shape index (κ2) is 17.4. The summed E-state index contributed by atoms with van der Waals surface area (Å²) in [6.45, 7) is 0. The average Bonchev–Trinajstić information content (AvgIpc) is 3.98. The van der Waals surface area contributed by atoms with E-state index in [4.69, 9.17) is 4.42 Å². The zero-order chi connectivity index (χ0) is 48.3. The van der Waals surface area contributed by atoms with Crippen LogP contribution < -0.4 is 4.90 Å². The van der Waals surface area contributed by atoms with Gasteiger partial charge in [-0.25, -0.2) is 0 Å². The van der Waals surface area contributed by atoms with E-state index in [0.29, 0.717) is 0 Å². The van der Waals surface area contributed by atoms with Crippen LogP contribution in [0.25, 0.3) is 88.3 Å². The van der Waals surface area contributed by atoms with E-state index in [9.17, 15) is 0 Å². The monoisotopic (exact) mass is 929 g/mol. The van der Waals surface area contributed by atoms with E-state index in [1.165, 1.54) is 66.4 Å². The molecular formula is C71H47NO. The zero-order valence-corrected chi connectivity index (χ0v) is 40.0. The average molecular weight is 930 g/mol. The molecule has 1 aliphatic carbocycles. The molecule has 0 saturated carbocycles. The molecule has 0 spiro atoms. The normalized spacial score (nSPS) is 12.5. The molecule has 73 heavy (non-hydrogen) atoms. The van der Waals surface area contributed by atoms with Crippen molar-refractivity contribution in [2.45, 2.75) is 5.41 Å². The van der Waals surface area contributed by atoms with Crippen molar-refractivity contribution in [1.82, 2.24) is 0 Å². The van der Waals surface area contributed by atoms with Crippen molar-refractivity contribution in [3.05, 3.63) is 307 Å². The summed E-state index contributed by atoms with van der Waals surface area (Å²) in [4.78, 5) is 2.46. The molecule has 0 unspecified atom stereocenters. The molecule has 1 heterocycles.